The highest BCUT2D eigenvalue weighted by Crippen LogP contribution is 2.33. The van der Waals surface area contributed by atoms with E-state index in [-0.39, 0.29) is 5.69 Å². The molecule has 1 aromatic carbocycles. The number of hydrogen-bond acceptors (Lipinski definition) is 8. The van der Waals surface area contributed by atoms with E-state index in [0.717, 1.165) is 30.1 Å². The van der Waals surface area contributed by atoms with E-state index in [1.165, 1.54) is 25.2 Å². The summed E-state index contributed by atoms with van der Waals surface area (Å²) in [5, 5.41) is 19.2. The van der Waals surface area contributed by atoms with Crippen LogP contribution in [0.2, 0.25) is 0 Å². The topological polar surface area (TPSA) is 112 Å². The monoisotopic (exact) mass is 419 g/mol. The second-order valence-electron chi connectivity index (χ2n) is 7.29. The summed E-state index contributed by atoms with van der Waals surface area (Å²) in [7, 11) is 1.64. The molecule has 1 fully saturated rings. The molecular weight excluding hydrogens is 394 g/mol. The van der Waals surface area contributed by atoms with Gasteiger partial charge in [-0.1, -0.05) is 6.92 Å². The van der Waals surface area contributed by atoms with Crippen molar-refractivity contribution in [2.75, 3.05) is 32.1 Å². The molecule has 3 aromatic rings. The van der Waals surface area contributed by atoms with Crippen molar-refractivity contribution in [3.63, 3.8) is 0 Å². The van der Waals surface area contributed by atoms with E-state index >= 15 is 0 Å². The number of anilines is 2. The molecule has 4 rings (SSSR count). The van der Waals surface area contributed by atoms with Gasteiger partial charge in [0, 0.05) is 23.7 Å². The molecule has 3 heterocycles. The summed E-state index contributed by atoms with van der Waals surface area (Å²) in [6.45, 7) is 5.08. The van der Waals surface area contributed by atoms with Crippen LogP contribution in [0.5, 0.6) is 11.5 Å². The fraction of sp³-hybridized carbons (Fsp3) is 0.364. The number of nitrogens with one attached hydrogen (secondary N) is 2. The number of nitrogens with zero attached hydrogens (tertiary/aromatic N) is 5. The SMILES string of the molecule is CCN1CCCC1COc1ccc(-c2cc(Nc3cnc(C#N)cn3)n[nH]2)c(OC)c1. The van der Waals surface area contributed by atoms with Crippen LogP contribution in [0.25, 0.3) is 11.3 Å². The number of likely N-dealkylation sites (N-methyl/N-ethyl adjacent to an activating group) is 1. The Balaban J connectivity index is 1.45. The molecule has 2 N–H and O–H groups in total. The van der Waals surface area contributed by atoms with Crippen molar-refractivity contribution in [2.45, 2.75) is 25.8 Å². The summed E-state index contributed by atoms with van der Waals surface area (Å²) >= 11 is 0. The molecule has 0 saturated carbocycles. The van der Waals surface area contributed by atoms with Gasteiger partial charge < -0.3 is 14.8 Å². The molecule has 2 aromatic heterocycles. The summed E-state index contributed by atoms with van der Waals surface area (Å²) in [4.78, 5) is 10.6. The molecule has 1 aliphatic rings. The van der Waals surface area contributed by atoms with Crippen LogP contribution in [0.1, 0.15) is 25.5 Å². The molecule has 0 radical (unpaired) electrons. The number of benzene rings is 1. The molecule has 1 saturated heterocycles. The summed E-state index contributed by atoms with van der Waals surface area (Å²) < 4.78 is 11.7. The smallest absolute Gasteiger partial charge is 0.158 e. The Morgan fingerprint density at radius 1 is 1.26 bits per heavy atom. The number of aromatic amines is 1. The standard InChI is InChI=1S/C22H25N7O2/c1-3-29-8-4-5-16(29)14-31-17-6-7-18(20(9-17)30-2)19-10-21(28-27-19)26-22-13-24-15(11-23)12-25-22/h6-7,9-10,12-13,16H,3-5,8,14H2,1-2H3,(H2,25,26,27,28). The zero-order chi connectivity index (χ0) is 21.6. The van der Waals surface area contributed by atoms with Crippen molar-refractivity contribution in [3.05, 3.63) is 42.4 Å². The Labute approximate surface area is 181 Å². The van der Waals surface area contributed by atoms with Crippen LogP contribution >= 0.6 is 0 Å². The fourth-order valence-electron chi connectivity index (χ4n) is 3.78. The first-order valence-electron chi connectivity index (χ1n) is 10.3. The number of ether oxygens (including phenoxy) is 2. The zero-order valence-corrected chi connectivity index (χ0v) is 17.6. The van der Waals surface area contributed by atoms with E-state index in [9.17, 15) is 0 Å². The van der Waals surface area contributed by atoms with E-state index in [2.05, 4.69) is 37.3 Å². The van der Waals surface area contributed by atoms with Crippen molar-refractivity contribution in [3.8, 4) is 28.8 Å². The van der Waals surface area contributed by atoms with Crippen LogP contribution < -0.4 is 14.8 Å². The van der Waals surface area contributed by atoms with Gasteiger partial charge in [-0.2, -0.15) is 10.4 Å². The van der Waals surface area contributed by atoms with Crippen LogP contribution in [0, 0.1) is 11.3 Å². The lowest BCUT2D eigenvalue weighted by molar-refractivity contribution is 0.178. The largest absolute Gasteiger partial charge is 0.496 e. The van der Waals surface area contributed by atoms with Crippen molar-refractivity contribution in [2.24, 2.45) is 0 Å². The van der Waals surface area contributed by atoms with E-state index in [0.29, 0.717) is 30.0 Å². The third kappa shape index (κ3) is 4.75. The van der Waals surface area contributed by atoms with Gasteiger partial charge in [-0.3, -0.25) is 10.00 Å². The Hall–Kier alpha value is -3.64. The van der Waals surface area contributed by atoms with Gasteiger partial charge in [0.25, 0.3) is 0 Å². The molecule has 0 bridgehead atoms. The van der Waals surface area contributed by atoms with Crippen molar-refractivity contribution >= 4 is 11.6 Å². The molecule has 9 nitrogen and oxygen atoms in total. The molecule has 1 aliphatic heterocycles. The Morgan fingerprint density at radius 3 is 2.90 bits per heavy atom. The van der Waals surface area contributed by atoms with Gasteiger partial charge in [-0.15, -0.1) is 0 Å². The van der Waals surface area contributed by atoms with E-state index in [1.54, 1.807) is 7.11 Å². The van der Waals surface area contributed by atoms with Crippen LogP contribution in [0.15, 0.2) is 36.7 Å². The number of rotatable bonds is 8. The van der Waals surface area contributed by atoms with Gasteiger partial charge in [-0.25, -0.2) is 9.97 Å². The summed E-state index contributed by atoms with van der Waals surface area (Å²) in [6.07, 6.45) is 5.30. The third-order valence-corrected chi connectivity index (χ3v) is 5.41. The Morgan fingerprint density at radius 2 is 2.16 bits per heavy atom. The second-order valence-corrected chi connectivity index (χ2v) is 7.29. The lowest BCUT2D eigenvalue weighted by Gasteiger charge is -2.23. The van der Waals surface area contributed by atoms with E-state index < -0.39 is 0 Å². The average Bonchev–Trinajstić information content (AvgIpc) is 3.47. The molecule has 1 unspecified atom stereocenters. The number of H-pyrrole nitrogens is 1. The second kappa shape index (κ2) is 9.45. The lowest BCUT2D eigenvalue weighted by Crippen LogP contribution is -2.33. The quantitative estimate of drug-likeness (QED) is 0.572. The molecule has 31 heavy (non-hydrogen) atoms. The van der Waals surface area contributed by atoms with Crippen LogP contribution in [0.3, 0.4) is 0 Å². The fourth-order valence-corrected chi connectivity index (χ4v) is 3.78. The summed E-state index contributed by atoms with van der Waals surface area (Å²) in [5.41, 5.74) is 1.92. The minimum Gasteiger partial charge on any atom is -0.496 e. The number of aromatic nitrogens is 4. The number of nitriles is 1. The Bertz CT molecular complexity index is 1060. The van der Waals surface area contributed by atoms with Gasteiger partial charge in [0.2, 0.25) is 0 Å². The normalized spacial score (nSPS) is 16.1. The number of hydrogen-bond donors (Lipinski definition) is 2. The van der Waals surface area contributed by atoms with Crippen LogP contribution in [0.4, 0.5) is 11.6 Å². The highest BCUT2D eigenvalue weighted by molar-refractivity contribution is 5.71. The first-order chi connectivity index (χ1) is 15.2. The first kappa shape index (κ1) is 20.6. The van der Waals surface area contributed by atoms with Gasteiger partial charge in [0.1, 0.15) is 30.0 Å². The van der Waals surface area contributed by atoms with E-state index in [1.807, 2.05) is 30.3 Å². The van der Waals surface area contributed by atoms with Crippen molar-refractivity contribution in [1.82, 2.24) is 25.1 Å². The maximum Gasteiger partial charge on any atom is 0.158 e. The summed E-state index contributed by atoms with van der Waals surface area (Å²) in [5.74, 6) is 2.57. The van der Waals surface area contributed by atoms with Gasteiger partial charge in [0.15, 0.2) is 11.5 Å². The summed E-state index contributed by atoms with van der Waals surface area (Å²) in [6, 6.07) is 10.1. The van der Waals surface area contributed by atoms with Crippen molar-refractivity contribution < 1.29 is 9.47 Å². The predicted molar refractivity (Wildman–Crippen MR) is 116 cm³/mol. The molecule has 0 spiro atoms. The minimum absolute atomic E-state index is 0.260. The molecule has 160 valence electrons. The lowest BCUT2D eigenvalue weighted by atomic mass is 10.1. The van der Waals surface area contributed by atoms with Gasteiger partial charge in [-0.05, 0) is 38.1 Å². The zero-order valence-electron chi connectivity index (χ0n) is 17.6. The van der Waals surface area contributed by atoms with Gasteiger partial charge in [0.05, 0.1) is 25.2 Å². The first-order valence-corrected chi connectivity index (χ1v) is 10.3. The Kier molecular flexibility index (Phi) is 6.29. The van der Waals surface area contributed by atoms with Gasteiger partial charge >= 0.3 is 0 Å². The van der Waals surface area contributed by atoms with Crippen molar-refractivity contribution in [1.29, 1.82) is 5.26 Å². The average molecular weight is 419 g/mol. The molecule has 1 atom stereocenters. The molecular formula is C22H25N7O2. The third-order valence-electron chi connectivity index (χ3n) is 5.41. The van der Waals surface area contributed by atoms with E-state index in [4.69, 9.17) is 14.7 Å². The number of methoxy groups -OCH3 is 1. The predicted octanol–water partition coefficient (Wildman–Crippen LogP) is 3.35. The highest BCUT2D eigenvalue weighted by atomic mass is 16.5. The molecule has 0 aliphatic carbocycles. The van der Waals surface area contributed by atoms with Crippen LogP contribution in [-0.4, -0.2) is 57.9 Å². The van der Waals surface area contributed by atoms with Crippen LogP contribution in [-0.2, 0) is 0 Å². The maximum absolute atomic E-state index is 8.82. The number of likely N-dealkylation sites (tertiary alicyclic amines) is 1. The maximum atomic E-state index is 8.82. The highest BCUT2D eigenvalue weighted by Gasteiger charge is 2.23. The molecule has 9 heteroatoms. The molecule has 0 amide bonds. The minimum atomic E-state index is 0.260.